The minimum Gasteiger partial charge on any atom is -0.261 e. The lowest BCUT2D eigenvalue weighted by Crippen LogP contribution is -2.04. The van der Waals surface area contributed by atoms with Crippen LogP contribution in [0.25, 0.3) is 11.3 Å². The van der Waals surface area contributed by atoms with Crippen LogP contribution in [0.3, 0.4) is 0 Å². The van der Waals surface area contributed by atoms with Gasteiger partial charge < -0.3 is 0 Å². The van der Waals surface area contributed by atoms with Crippen LogP contribution in [-0.2, 0) is 6.18 Å². The molecule has 1 aromatic heterocycles. The molecule has 0 bridgehead atoms. The topological polar surface area (TPSA) is 25.8 Å². The van der Waals surface area contributed by atoms with Crippen LogP contribution in [0.5, 0.6) is 0 Å². The molecule has 0 spiro atoms. The second-order valence-corrected chi connectivity index (χ2v) is 3.17. The van der Waals surface area contributed by atoms with Gasteiger partial charge in [0.2, 0.25) is 0 Å². The van der Waals surface area contributed by atoms with Crippen molar-refractivity contribution in [1.82, 2.24) is 9.97 Å². The summed E-state index contributed by atoms with van der Waals surface area (Å²) in [5, 5.41) is 0. The van der Waals surface area contributed by atoms with Crippen molar-refractivity contribution in [3.63, 3.8) is 0 Å². The maximum absolute atomic E-state index is 12.4. The summed E-state index contributed by atoms with van der Waals surface area (Å²) in [5.41, 5.74) is 0.146. The number of halogens is 4. The van der Waals surface area contributed by atoms with E-state index in [0.717, 1.165) is 12.1 Å². The zero-order valence-electron chi connectivity index (χ0n) is 8.48. The largest absolute Gasteiger partial charge is 0.416 e. The fourth-order valence-corrected chi connectivity index (χ4v) is 1.30. The van der Waals surface area contributed by atoms with E-state index in [4.69, 9.17) is 0 Å². The van der Waals surface area contributed by atoms with Gasteiger partial charge in [-0.15, -0.1) is 12.4 Å². The summed E-state index contributed by atoms with van der Waals surface area (Å²) in [6, 6.07) is 5.01. The average Bonchev–Trinajstić information content (AvgIpc) is 2.29. The molecule has 1 heterocycles. The van der Waals surface area contributed by atoms with E-state index in [1.54, 1.807) is 6.07 Å². The lowest BCUT2D eigenvalue weighted by Gasteiger charge is -2.07. The number of benzene rings is 1. The summed E-state index contributed by atoms with van der Waals surface area (Å²) >= 11 is 0. The number of nitrogens with zero attached hydrogens (tertiary/aromatic N) is 2. The van der Waals surface area contributed by atoms with Gasteiger partial charge in [0, 0.05) is 18.0 Å². The summed E-state index contributed by atoms with van der Waals surface area (Å²) in [6.45, 7) is 0. The molecule has 0 saturated carbocycles. The van der Waals surface area contributed by atoms with Crippen LogP contribution in [0, 0.1) is 0 Å². The van der Waals surface area contributed by atoms with Gasteiger partial charge in [0.1, 0.15) is 0 Å². The molecule has 0 radical (unpaired) electrons. The smallest absolute Gasteiger partial charge is 0.261 e. The summed E-state index contributed by atoms with van der Waals surface area (Å²) in [5.74, 6) is 0. The van der Waals surface area contributed by atoms with Crippen molar-refractivity contribution in [2.24, 2.45) is 0 Å². The lowest BCUT2D eigenvalue weighted by molar-refractivity contribution is -0.137. The van der Waals surface area contributed by atoms with Gasteiger partial charge in [-0.2, -0.15) is 13.2 Å². The normalized spacial score (nSPS) is 10.8. The molecule has 0 unspecified atom stereocenters. The molecule has 6 heteroatoms. The first kappa shape index (κ1) is 13.4. The Hall–Kier alpha value is -1.62. The number of aromatic nitrogens is 2. The van der Waals surface area contributed by atoms with Gasteiger partial charge >= 0.3 is 6.18 Å². The molecule has 2 nitrogen and oxygen atoms in total. The van der Waals surface area contributed by atoms with Crippen molar-refractivity contribution < 1.29 is 13.2 Å². The van der Waals surface area contributed by atoms with E-state index in [0.29, 0.717) is 11.3 Å². The van der Waals surface area contributed by atoms with Crippen molar-refractivity contribution in [3.8, 4) is 11.3 Å². The van der Waals surface area contributed by atoms with Gasteiger partial charge in [-0.1, -0.05) is 12.1 Å². The fraction of sp³-hybridized carbons (Fsp3) is 0.0909. The number of rotatable bonds is 1. The molecule has 2 aromatic rings. The summed E-state index contributed by atoms with van der Waals surface area (Å²) in [7, 11) is 0. The molecule has 17 heavy (non-hydrogen) atoms. The maximum Gasteiger partial charge on any atom is 0.416 e. The molecule has 0 saturated heterocycles. The molecule has 0 aliphatic heterocycles. The zero-order chi connectivity index (χ0) is 11.6. The third-order valence-electron chi connectivity index (χ3n) is 2.05. The van der Waals surface area contributed by atoms with Gasteiger partial charge in [0.15, 0.2) is 0 Å². The van der Waals surface area contributed by atoms with Crippen LogP contribution < -0.4 is 0 Å². The molecular formula is C11H8ClF3N2. The summed E-state index contributed by atoms with van der Waals surface area (Å²) in [6.07, 6.45) is 0.000408. The Kier molecular flexibility index (Phi) is 4.07. The van der Waals surface area contributed by atoms with E-state index in [2.05, 4.69) is 9.97 Å². The van der Waals surface area contributed by atoms with Gasteiger partial charge in [-0.3, -0.25) is 9.97 Å². The van der Waals surface area contributed by atoms with Crippen LogP contribution in [0.2, 0.25) is 0 Å². The van der Waals surface area contributed by atoms with Crippen LogP contribution in [0.15, 0.2) is 42.9 Å². The molecule has 0 aliphatic rings. The third-order valence-corrected chi connectivity index (χ3v) is 2.05. The minimum atomic E-state index is -4.34. The SMILES string of the molecule is Cl.FC(F)(F)c1cccc(-c2cnccn2)c1. The molecule has 90 valence electrons. The highest BCUT2D eigenvalue weighted by Gasteiger charge is 2.30. The van der Waals surface area contributed by atoms with Crippen molar-refractivity contribution in [1.29, 1.82) is 0 Å². The first-order chi connectivity index (χ1) is 7.57. The zero-order valence-corrected chi connectivity index (χ0v) is 9.29. The highest BCUT2D eigenvalue weighted by atomic mass is 35.5. The van der Waals surface area contributed by atoms with E-state index in [-0.39, 0.29) is 12.4 Å². The Morgan fingerprint density at radius 3 is 2.41 bits per heavy atom. The Morgan fingerprint density at radius 2 is 1.82 bits per heavy atom. The second kappa shape index (κ2) is 5.14. The van der Waals surface area contributed by atoms with E-state index in [9.17, 15) is 13.2 Å². The molecule has 0 N–H and O–H groups in total. The van der Waals surface area contributed by atoms with Crippen molar-refractivity contribution in [3.05, 3.63) is 48.4 Å². The average molecular weight is 261 g/mol. The molecule has 0 fully saturated rings. The van der Waals surface area contributed by atoms with E-state index in [1.807, 2.05) is 0 Å². The third kappa shape index (κ3) is 3.17. The summed E-state index contributed by atoms with van der Waals surface area (Å²) in [4.78, 5) is 7.75. The van der Waals surface area contributed by atoms with Crippen molar-refractivity contribution >= 4 is 12.4 Å². The minimum absolute atomic E-state index is 0. The predicted octanol–water partition coefficient (Wildman–Crippen LogP) is 3.58. The van der Waals surface area contributed by atoms with Crippen LogP contribution in [-0.4, -0.2) is 9.97 Å². The molecule has 0 atom stereocenters. The fourth-order valence-electron chi connectivity index (χ4n) is 1.30. The monoisotopic (exact) mass is 260 g/mol. The predicted molar refractivity (Wildman–Crippen MR) is 59.7 cm³/mol. The number of hydrogen-bond acceptors (Lipinski definition) is 2. The first-order valence-corrected chi connectivity index (χ1v) is 4.51. The van der Waals surface area contributed by atoms with Crippen molar-refractivity contribution in [2.75, 3.05) is 0 Å². The van der Waals surface area contributed by atoms with Gasteiger partial charge in [0.25, 0.3) is 0 Å². The van der Waals surface area contributed by atoms with Crippen LogP contribution in [0.4, 0.5) is 13.2 Å². The summed E-state index contributed by atoms with van der Waals surface area (Å²) < 4.78 is 37.3. The van der Waals surface area contributed by atoms with Gasteiger partial charge in [-0.05, 0) is 12.1 Å². The Bertz CT molecular complexity index is 486. The highest BCUT2D eigenvalue weighted by molar-refractivity contribution is 5.85. The maximum atomic E-state index is 12.4. The van der Waals surface area contributed by atoms with Crippen LogP contribution >= 0.6 is 12.4 Å². The first-order valence-electron chi connectivity index (χ1n) is 4.51. The standard InChI is InChI=1S/C11H7F3N2.ClH/c12-11(13,14)9-3-1-2-8(6-9)10-7-15-4-5-16-10;/h1-7H;1H. The van der Waals surface area contributed by atoms with Crippen LogP contribution in [0.1, 0.15) is 5.56 Å². The highest BCUT2D eigenvalue weighted by Crippen LogP contribution is 2.31. The Labute approximate surface area is 102 Å². The molecule has 0 aliphatic carbocycles. The van der Waals surface area contributed by atoms with E-state index < -0.39 is 11.7 Å². The Morgan fingerprint density at radius 1 is 1.06 bits per heavy atom. The van der Waals surface area contributed by atoms with Crippen molar-refractivity contribution in [2.45, 2.75) is 6.18 Å². The second-order valence-electron chi connectivity index (χ2n) is 3.17. The lowest BCUT2D eigenvalue weighted by atomic mass is 10.1. The van der Waals surface area contributed by atoms with Gasteiger partial charge in [-0.25, -0.2) is 0 Å². The Balaban J connectivity index is 0.00000144. The molecule has 1 aromatic carbocycles. The molecular weight excluding hydrogens is 253 g/mol. The molecule has 2 rings (SSSR count). The van der Waals surface area contributed by atoms with Gasteiger partial charge in [0.05, 0.1) is 17.5 Å². The van der Waals surface area contributed by atoms with E-state index >= 15 is 0 Å². The van der Waals surface area contributed by atoms with E-state index in [1.165, 1.54) is 24.7 Å². The molecule has 0 amide bonds. The number of alkyl halides is 3. The number of hydrogen-bond donors (Lipinski definition) is 0. The quantitative estimate of drug-likeness (QED) is 0.783.